The third-order valence-electron chi connectivity index (χ3n) is 4.61. The highest BCUT2D eigenvalue weighted by Gasteiger charge is 2.17. The predicted octanol–water partition coefficient (Wildman–Crippen LogP) is 5.81. The van der Waals surface area contributed by atoms with E-state index >= 15 is 0 Å². The second-order valence-electron chi connectivity index (χ2n) is 7.34. The molecule has 0 bridgehead atoms. The van der Waals surface area contributed by atoms with E-state index in [1.54, 1.807) is 0 Å². The van der Waals surface area contributed by atoms with Crippen molar-refractivity contribution >= 4 is 0 Å². The van der Waals surface area contributed by atoms with Crippen molar-refractivity contribution in [1.29, 1.82) is 0 Å². The van der Waals surface area contributed by atoms with Crippen molar-refractivity contribution in [2.75, 3.05) is 0 Å². The lowest BCUT2D eigenvalue weighted by molar-refractivity contribution is 0.102. The molecule has 0 saturated heterocycles. The molecule has 1 rings (SSSR count). The highest BCUT2D eigenvalue weighted by Crippen LogP contribution is 2.25. The van der Waals surface area contributed by atoms with E-state index in [9.17, 15) is 5.11 Å². The summed E-state index contributed by atoms with van der Waals surface area (Å²) in [5.41, 5.74) is 2.26. The Balaban J connectivity index is 2.87. The number of allylic oxidation sites excluding steroid dienone is 5. The van der Waals surface area contributed by atoms with Crippen LogP contribution in [0.3, 0.4) is 0 Å². The van der Waals surface area contributed by atoms with Crippen molar-refractivity contribution in [2.45, 2.75) is 78.7 Å². The standard InChI is InChI=1S/C20H34O/c1-16(2)19-12-11-18(4)9-6-8-17(3)10-7-14-20(5,21)15-13-19/h9-10,13,15-16,19,21H,6-8,11-12,14H2,1-5H3/b15-13-,17-10+,18-9+. The van der Waals surface area contributed by atoms with Gasteiger partial charge in [-0.05, 0) is 71.1 Å². The fourth-order valence-electron chi connectivity index (χ4n) is 2.82. The Morgan fingerprint density at radius 1 is 1.10 bits per heavy atom. The van der Waals surface area contributed by atoms with Crippen molar-refractivity contribution in [2.24, 2.45) is 11.8 Å². The summed E-state index contributed by atoms with van der Waals surface area (Å²) < 4.78 is 0. The molecule has 120 valence electrons. The summed E-state index contributed by atoms with van der Waals surface area (Å²) in [7, 11) is 0. The van der Waals surface area contributed by atoms with Crippen LogP contribution in [0.1, 0.15) is 73.1 Å². The molecule has 1 aliphatic carbocycles. The van der Waals surface area contributed by atoms with Crippen molar-refractivity contribution < 1.29 is 5.11 Å². The Morgan fingerprint density at radius 2 is 1.71 bits per heavy atom. The summed E-state index contributed by atoms with van der Waals surface area (Å²) in [4.78, 5) is 0. The molecule has 2 unspecified atom stereocenters. The van der Waals surface area contributed by atoms with Crippen LogP contribution in [-0.4, -0.2) is 10.7 Å². The minimum absolute atomic E-state index is 0.556. The summed E-state index contributed by atoms with van der Waals surface area (Å²) in [6, 6.07) is 0. The van der Waals surface area contributed by atoms with Gasteiger partial charge in [0.05, 0.1) is 5.60 Å². The van der Waals surface area contributed by atoms with Crippen LogP contribution in [0.15, 0.2) is 35.5 Å². The van der Waals surface area contributed by atoms with E-state index in [-0.39, 0.29) is 0 Å². The molecule has 0 aromatic rings. The van der Waals surface area contributed by atoms with Crippen LogP contribution >= 0.6 is 0 Å². The third kappa shape index (κ3) is 7.66. The molecule has 0 spiro atoms. The number of hydrogen-bond acceptors (Lipinski definition) is 1. The topological polar surface area (TPSA) is 20.2 Å². The lowest BCUT2D eigenvalue weighted by Crippen LogP contribution is -2.21. The van der Waals surface area contributed by atoms with Gasteiger partial charge in [-0.15, -0.1) is 0 Å². The summed E-state index contributed by atoms with van der Waals surface area (Å²) in [6.45, 7) is 10.9. The van der Waals surface area contributed by atoms with Crippen LogP contribution in [0.4, 0.5) is 0 Å². The lowest BCUT2D eigenvalue weighted by atomic mass is 9.87. The maximum Gasteiger partial charge on any atom is 0.0802 e. The van der Waals surface area contributed by atoms with Gasteiger partial charge in [0.2, 0.25) is 0 Å². The summed E-state index contributed by atoms with van der Waals surface area (Å²) in [5.74, 6) is 1.18. The van der Waals surface area contributed by atoms with E-state index in [1.165, 1.54) is 17.6 Å². The van der Waals surface area contributed by atoms with Crippen molar-refractivity contribution in [1.82, 2.24) is 0 Å². The fraction of sp³-hybridized carbons (Fsp3) is 0.700. The lowest BCUT2D eigenvalue weighted by Gasteiger charge is -2.22. The van der Waals surface area contributed by atoms with Crippen molar-refractivity contribution in [3.8, 4) is 0 Å². The molecule has 0 aliphatic heterocycles. The average Bonchev–Trinajstić information content (AvgIpc) is 2.37. The van der Waals surface area contributed by atoms with Crippen LogP contribution in [-0.2, 0) is 0 Å². The number of aliphatic hydroxyl groups is 1. The third-order valence-corrected chi connectivity index (χ3v) is 4.61. The van der Waals surface area contributed by atoms with E-state index in [4.69, 9.17) is 0 Å². The maximum absolute atomic E-state index is 10.5. The van der Waals surface area contributed by atoms with Gasteiger partial charge in [-0.1, -0.05) is 49.3 Å². The molecule has 0 radical (unpaired) electrons. The zero-order valence-electron chi connectivity index (χ0n) is 14.7. The van der Waals surface area contributed by atoms with Crippen LogP contribution in [0.25, 0.3) is 0 Å². The Bertz CT molecular complexity index is 396. The summed E-state index contributed by atoms with van der Waals surface area (Å²) >= 11 is 0. The molecular weight excluding hydrogens is 256 g/mol. The van der Waals surface area contributed by atoms with E-state index in [0.717, 1.165) is 32.1 Å². The van der Waals surface area contributed by atoms with Crippen molar-refractivity contribution in [3.63, 3.8) is 0 Å². The molecule has 21 heavy (non-hydrogen) atoms. The summed E-state index contributed by atoms with van der Waals surface area (Å²) in [6.07, 6.45) is 15.4. The Labute approximate surface area is 131 Å². The van der Waals surface area contributed by atoms with Gasteiger partial charge in [-0.3, -0.25) is 0 Å². The molecule has 2 atom stereocenters. The SMILES string of the molecule is C/C1=C\CCC(C)(O)/C=C\C(C(C)C)CC/C(C)=C/CC1. The molecule has 0 fully saturated rings. The molecular formula is C20H34O. The van der Waals surface area contributed by atoms with Gasteiger partial charge in [-0.25, -0.2) is 0 Å². The fourth-order valence-corrected chi connectivity index (χ4v) is 2.82. The Morgan fingerprint density at radius 3 is 2.38 bits per heavy atom. The maximum atomic E-state index is 10.5. The molecule has 0 heterocycles. The first-order valence-corrected chi connectivity index (χ1v) is 8.53. The highest BCUT2D eigenvalue weighted by atomic mass is 16.3. The van der Waals surface area contributed by atoms with Gasteiger partial charge in [0, 0.05) is 0 Å². The normalized spacial score (nSPS) is 36.2. The second kappa shape index (κ2) is 8.58. The van der Waals surface area contributed by atoms with Crippen LogP contribution in [0.2, 0.25) is 0 Å². The van der Waals surface area contributed by atoms with E-state index in [1.807, 2.05) is 13.0 Å². The minimum atomic E-state index is -0.682. The molecule has 0 amide bonds. The average molecular weight is 290 g/mol. The largest absolute Gasteiger partial charge is 0.386 e. The Kier molecular flexibility index (Phi) is 7.45. The van der Waals surface area contributed by atoms with Crippen LogP contribution in [0, 0.1) is 11.8 Å². The first kappa shape index (κ1) is 18.2. The van der Waals surface area contributed by atoms with Crippen LogP contribution in [0.5, 0.6) is 0 Å². The zero-order chi connectivity index (χ0) is 15.9. The van der Waals surface area contributed by atoms with Gasteiger partial charge in [0.1, 0.15) is 0 Å². The van der Waals surface area contributed by atoms with Gasteiger partial charge in [0.25, 0.3) is 0 Å². The molecule has 0 saturated carbocycles. The Hall–Kier alpha value is -0.820. The first-order chi connectivity index (χ1) is 9.80. The molecule has 1 nitrogen and oxygen atoms in total. The predicted molar refractivity (Wildman–Crippen MR) is 93.3 cm³/mol. The van der Waals surface area contributed by atoms with Crippen molar-refractivity contribution in [3.05, 3.63) is 35.5 Å². The first-order valence-electron chi connectivity index (χ1n) is 8.53. The number of hydrogen-bond donors (Lipinski definition) is 1. The molecule has 0 aromatic carbocycles. The van der Waals surface area contributed by atoms with E-state index in [0.29, 0.717) is 11.8 Å². The van der Waals surface area contributed by atoms with Gasteiger partial charge < -0.3 is 5.11 Å². The summed E-state index contributed by atoms with van der Waals surface area (Å²) in [5, 5.41) is 10.5. The quantitative estimate of drug-likeness (QED) is 0.604. The number of rotatable bonds is 1. The van der Waals surface area contributed by atoms with Crippen LogP contribution < -0.4 is 0 Å². The zero-order valence-corrected chi connectivity index (χ0v) is 14.7. The monoisotopic (exact) mass is 290 g/mol. The molecule has 1 heteroatoms. The smallest absolute Gasteiger partial charge is 0.0802 e. The van der Waals surface area contributed by atoms with Gasteiger partial charge in [0.15, 0.2) is 0 Å². The van der Waals surface area contributed by atoms with E-state index in [2.05, 4.69) is 45.9 Å². The molecule has 0 aromatic heterocycles. The second-order valence-corrected chi connectivity index (χ2v) is 7.34. The van der Waals surface area contributed by atoms with E-state index < -0.39 is 5.60 Å². The van der Waals surface area contributed by atoms with Gasteiger partial charge in [-0.2, -0.15) is 0 Å². The molecule has 1 N–H and O–H groups in total. The molecule has 1 aliphatic rings. The minimum Gasteiger partial charge on any atom is -0.386 e. The van der Waals surface area contributed by atoms with Gasteiger partial charge >= 0.3 is 0 Å². The highest BCUT2D eigenvalue weighted by molar-refractivity contribution is 5.08.